The monoisotopic (exact) mass is 505 g/mol. The van der Waals surface area contributed by atoms with Crippen LogP contribution in [0, 0.1) is 5.92 Å². The molecule has 33 heavy (non-hydrogen) atoms. The van der Waals surface area contributed by atoms with E-state index in [1.807, 2.05) is 30.5 Å². The highest BCUT2D eigenvalue weighted by Gasteiger charge is 2.31. The topological polar surface area (TPSA) is 66.2 Å². The van der Waals surface area contributed by atoms with Crippen molar-refractivity contribution in [2.24, 2.45) is 5.92 Å². The van der Waals surface area contributed by atoms with E-state index in [0.717, 1.165) is 53.1 Å². The molecule has 1 atom stereocenters. The van der Waals surface area contributed by atoms with Gasteiger partial charge in [-0.25, -0.2) is 14.8 Å². The van der Waals surface area contributed by atoms with Gasteiger partial charge in [0.2, 0.25) is 0 Å². The molecule has 168 valence electrons. The zero-order valence-electron chi connectivity index (χ0n) is 18.3. The van der Waals surface area contributed by atoms with Gasteiger partial charge in [-0.2, -0.15) is 0 Å². The van der Waals surface area contributed by atoms with Gasteiger partial charge in [-0.3, -0.25) is 0 Å². The summed E-state index contributed by atoms with van der Waals surface area (Å²) in [5.74, 6) is 0.856. The molecule has 4 aromatic rings. The minimum absolute atomic E-state index is 0.0593. The number of methoxy groups -OCH3 is 1. The standard InChI is InChI=1S/C26H24BrN3O3/c1-32-26(31)20-9-7-19(8-10-20)24-29-22-15-21(27)16-28-25(22)30(24)23(17-5-3-2-4-6-17)18-11-13-33-14-12-18/h2-10,15-16,18,23H,11-14H2,1H3. The summed E-state index contributed by atoms with van der Waals surface area (Å²) in [6.45, 7) is 1.51. The number of benzene rings is 2. The van der Waals surface area contributed by atoms with Gasteiger partial charge >= 0.3 is 5.97 Å². The smallest absolute Gasteiger partial charge is 0.337 e. The Hall–Kier alpha value is -3.03. The third kappa shape index (κ3) is 4.30. The summed E-state index contributed by atoms with van der Waals surface area (Å²) < 4.78 is 13.7. The molecule has 0 amide bonds. The molecule has 1 aliphatic heterocycles. The van der Waals surface area contributed by atoms with E-state index in [2.05, 4.69) is 44.8 Å². The molecule has 0 radical (unpaired) electrons. The quantitative estimate of drug-likeness (QED) is 0.327. The minimum atomic E-state index is -0.356. The van der Waals surface area contributed by atoms with Gasteiger partial charge in [-0.15, -0.1) is 0 Å². The maximum Gasteiger partial charge on any atom is 0.337 e. The summed E-state index contributed by atoms with van der Waals surface area (Å²) in [5, 5.41) is 0. The van der Waals surface area contributed by atoms with Crippen molar-refractivity contribution in [1.82, 2.24) is 14.5 Å². The number of halogens is 1. The number of ether oxygens (including phenoxy) is 2. The number of pyridine rings is 1. The van der Waals surface area contributed by atoms with Crippen LogP contribution in [0.1, 0.15) is 34.8 Å². The van der Waals surface area contributed by atoms with Crippen LogP contribution in [0.5, 0.6) is 0 Å². The number of imidazole rings is 1. The van der Waals surface area contributed by atoms with Gasteiger partial charge < -0.3 is 14.0 Å². The molecule has 2 aromatic heterocycles. The van der Waals surface area contributed by atoms with Crippen LogP contribution >= 0.6 is 15.9 Å². The normalized spacial score (nSPS) is 15.5. The first kappa shape index (κ1) is 21.8. The third-order valence-electron chi connectivity index (χ3n) is 6.19. The van der Waals surface area contributed by atoms with Gasteiger partial charge in [0.1, 0.15) is 11.3 Å². The Bertz CT molecular complexity index is 1270. The van der Waals surface area contributed by atoms with E-state index in [0.29, 0.717) is 11.5 Å². The Morgan fingerprint density at radius 3 is 2.55 bits per heavy atom. The molecule has 0 bridgehead atoms. The van der Waals surface area contributed by atoms with Crippen LogP contribution in [0.4, 0.5) is 0 Å². The fraction of sp³-hybridized carbons (Fsp3) is 0.269. The first-order chi connectivity index (χ1) is 16.2. The summed E-state index contributed by atoms with van der Waals surface area (Å²) in [7, 11) is 1.39. The van der Waals surface area contributed by atoms with E-state index < -0.39 is 0 Å². The van der Waals surface area contributed by atoms with Gasteiger partial charge in [0.15, 0.2) is 5.65 Å². The molecule has 1 aliphatic rings. The Balaban J connectivity index is 1.72. The largest absolute Gasteiger partial charge is 0.465 e. The lowest BCUT2D eigenvalue weighted by Gasteiger charge is -2.33. The van der Waals surface area contributed by atoms with Crippen LogP contribution in [-0.2, 0) is 9.47 Å². The number of hydrogen-bond donors (Lipinski definition) is 0. The maximum absolute atomic E-state index is 11.9. The number of fused-ring (bicyclic) bond motifs is 1. The first-order valence-electron chi connectivity index (χ1n) is 11.0. The number of carbonyl (C=O) groups is 1. The molecule has 2 aromatic carbocycles. The molecule has 5 rings (SSSR count). The molecule has 0 N–H and O–H groups in total. The molecule has 1 fully saturated rings. The zero-order chi connectivity index (χ0) is 22.8. The molecule has 1 unspecified atom stereocenters. The Morgan fingerprint density at radius 2 is 1.85 bits per heavy atom. The van der Waals surface area contributed by atoms with Crippen molar-refractivity contribution in [2.45, 2.75) is 18.9 Å². The van der Waals surface area contributed by atoms with Crippen LogP contribution in [0.15, 0.2) is 71.3 Å². The van der Waals surface area contributed by atoms with Crippen molar-refractivity contribution in [2.75, 3.05) is 20.3 Å². The average molecular weight is 506 g/mol. The fourth-order valence-corrected chi connectivity index (χ4v) is 4.93. The molecular weight excluding hydrogens is 482 g/mol. The number of carbonyl (C=O) groups excluding carboxylic acids is 1. The highest BCUT2D eigenvalue weighted by Crippen LogP contribution is 2.39. The SMILES string of the molecule is COC(=O)c1ccc(-c2nc3cc(Br)cnc3n2C(c2ccccc2)C2CCOCC2)cc1. The second-order valence-corrected chi connectivity index (χ2v) is 9.09. The van der Waals surface area contributed by atoms with E-state index in [1.54, 1.807) is 12.1 Å². The van der Waals surface area contributed by atoms with Crippen LogP contribution in [0.2, 0.25) is 0 Å². The summed E-state index contributed by atoms with van der Waals surface area (Å²) in [6.07, 6.45) is 3.75. The van der Waals surface area contributed by atoms with E-state index in [1.165, 1.54) is 12.7 Å². The number of esters is 1. The number of nitrogens with zero attached hydrogens (tertiary/aromatic N) is 3. The van der Waals surface area contributed by atoms with Crippen LogP contribution in [-0.4, -0.2) is 40.8 Å². The molecule has 7 heteroatoms. The highest BCUT2D eigenvalue weighted by atomic mass is 79.9. The van der Waals surface area contributed by atoms with Gasteiger partial charge in [-0.05, 0) is 58.5 Å². The van der Waals surface area contributed by atoms with Crippen molar-refractivity contribution in [1.29, 1.82) is 0 Å². The second-order valence-electron chi connectivity index (χ2n) is 8.18. The zero-order valence-corrected chi connectivity index (χ0v) is 19.9. The van der Waals surface area contributed by atoms with E-state index in [4.69, 9.17) is 19.4 Å². The second kappa shape index (κ2) is 9.45. The van der Waals surface area contributed by atoms with E-state index in [9.17, 15) is 4.79 Å². The average Bonchev–Trinajstić information content (AvgIpc) is 3.23. The number of hydrogen-bond acceptors (Lipinski definition) is 5. The number of aromatic nitrogens is 3. The molecule has 1 saturated heterocycles. The van der Waals surface area contributed by atoms with Gasteiger partial charge in [-0.1, -0.05) is 42.5 Å². The summed E-state index contributed by atoms with van der Waals surface area (Å²) in [4.78, 5) is 21.7. The van der Waals surface area contributed by atoms with Crippen molar-refractivity contribution in [3.8, 4) is 11.4 Å². The lowest BCUT2D eigenvalue weighted by atomic mass is 9.86. The minimum Gasteiger partial charge on any atom is -0.465 e. The summed E-state index contributed by atoms with van der Waals surface area (Å²) >= 11 is 3.53. The highest BCUT2D eigenvalue weighted by molar-refractivity contribution is 9.10. The lowest BCUT2D eigenvalue weighted by molar-refractivity contribution is 0.0548. The van der Waals surface area contributed by atoms with Crippen molar-refractivity contribution < 1.29 is 14.3 Å². The van der Waals surface area contributed by atoms with E-state index in [-0.39, 0.29) is 12.0 Å². The van der Waals surface area contributed by atoms with Crippen LogP contribution < -0.4 is 0 Å². The van der Waals surface area contributed by atoms with Gasteiger partial charge in [0.25, 0.3) is 0 Å². The van der Waals surface area contributed by atoms with Crippen LogP contribution in [0.3, 0.4) is 0 Å². The van der Waals surface area contributed by atoms with Crippen molar-refractivity contribution >= 4 is 33.1 Å². The Morgan fingerprint density at radius 1 is 1.12 bits per heavy atom. The van der Waals surface area contributed by atoms with Gasteiger partial charge in [0, 0.05) is 29.4 Å². The predicted octanol–water partition coefficient (Wildman–Crippen LogP) is 5.66. The predicted molar refractivity (Wildman–Crippen MR) is 130 cm³/mol. The van der Waals surface area contributed by atoms with E-state index >= 15 is 0 Å². The maximum atomic E-state index is 11.9. The molecule has 0 aliphatic carbocycles. The molecular formula is C26H24BrN3O3. The fourth-order valence-electron chi connectivity index (χ4n) is 4.61. The van der Waals surface area contributed by atoms with Crippen molar-refractivity contribution in [3.05, 3.63) is 82.5 Å². The first-order valence-corrected chi connectivity index (χ1v) is 11.8. The van der Waals surface area contributed by atoms with Crippen LogP contribution in [0.25, 0.3) is 22.6 Å². The third-order valence-corrected chi connectivity index (χ3v) is 6.63. The van der Waals surface area contributed by atoms with Gasteiger partial charge in [0.05, 0.1) is 18.7 Å². The lowest BCUT2D eigenvalue weighted by Crippen LogP contribution is -2.27. The Kier molecular flexibility index (Phi) is 6.24. The number of rotatable bonds is 5. The molecule has 3 heterocycles. The molecule has 0 spiro atoms. The molecule has 6 nitrogen and oxygen atoms in total. The summed E-state index contributed by atoms with van der Waals surface area (Å²) in [5.41, 5.74) is 4.31. The summed E-state index contributed by atoms with van der Waals surface area (Å²) in [6, 6.07) is 20.0. The molecule has 0 saturated carbocycles. The van der Waals surface area contributed by atoms with Crippen molar-refractivity contribution in [3.63, 3.8) is 0 Å². The Labute approximate surface area is 200 Å².